The standard InChI is InChI=1S/C7H14N4.HI/c1-6(2)10-11-7-8-4-3-5-9-7;/h3-5H2,1-2H3,(H2,8,9,11);1H. The van der Waals surface area contributed by atoms with Crippen LogP contribution in [0.1, 0.15) is 20.3 Å². The van der Waals surface area contributed by atoms with Crippen LogP contribution in [-0.2, 0) is 0 Å². The fraction of sp³-hybridized carbons (Fsp3) is 0.714. The minimum absolute atomic E-state index is 0. The summed E-state index contributed by atoms with van der Waals surface area (Å²) >= 11 is 0. The highest BCUT2D eigenvalue weighted by Crippen LogP contribution is 1.86. The van der Waals surface area contributed by atoms with Gasteiger partial charge < -0.3 is 5.32 Å². The zero-order valence-electron chi connectivity index (χ0n) is 7.42. The molecule has 0 bridgehead atoms. The van der Waals surface area contributed by atoms with Crippen LogP contribution in [0.4, 0.5) is 0 Å². The van der Waals surface area contributed by atoms with Gasteiger partial charge in [0, 0.05) is 18.8 Å². The Bertz CT molecular complexity index is 184. The largest absolute Gasteiger partial charge is 0.355 e. The van der Waals surface area contributed by atoms with Crippen molar-refractivity contribution >= 4 is 35.6 Å². The van der Waals surface area contributed by atoms with Crippen LogP contribution in [0.3, 0.4) is 0 Å². The van der Waals surface area contributed by atoms with E-state index in [1.807, 2.05) is 13.8 Å². The van der Waals surface area contributed by atoms with Crippen LogP contribution in [0, 0.1) is 0 Å². The van der Waals surface area contributed by atoms with Gasteiger partial charge in [-0.05, 0) is 20.3 Å². The maximum Gasteiger partial charge on any atom is 0.212 e. The number of rotatable bonds is 1. The highest BCUT2D eigenvalue weighted by atomic mass is 127. The van der Waals surface area contributed by atoms with Gasteiger partial charge >= 0.3 is 0 Å². The van der Waals surface area contributed by atoms with Crippen molar-refractivity contribution in [3.05, 3.63) is 0 Å². The summed E-state index contributed by atoms with van der Waals surface area (Å²) < 4.78 is 0. The quantitative estimate of drug-likeness (QED) is 0.427. The van der Waals surface area contributed by atoms with Crippen LogP contribution in [0.15, 0.2) is 10.1 Å². The first-order valence-corrected chi connectivity index (χ1v) is 3.84. The molecule has 2 N–H and O–H groups in total. The van der Waals surface area contributed by atoms with E-state index in [0.29, 0.717) is 0 Å². The molecule has 0 aromatic rings. The molecule has 0 radical (unpaired) electrons. The van der Waals surface area contributed by atoms with E-state index in [1.165, 1.54) is 0 Å². The van der Waals surface area contributed by atoms with Gasteiger partial charge in [-0.3, -0.25) is 4.99 Å². The fourth-order valence-corrected chi connectivity index (χ4v) is 0.772. The minimum atomic E-state index is 0. The molecule has 0 unspecified atom stereocenters. The van der Waals surface area contributed by atoms with Crippen LogP contribution in [0.2, 0.25) is 0 Å². The molecule has 0 spiro atoms. The van der Waals surface area contributed by atoms with Crippen LogP contribution >= 0.6 is 24.0 Å². The summed E-state index contributed by atoms with van der Waals surface area (Å²) in [7, 11) is 0. The van der Waals surface area contributed by atoms with Crippen molar-refractivity contribution in [3.63, 3.8) is 0 Å². The Kier molecular flexibility index (Phi) is 6.04. The van der Waals surface area contributed by atoms with Crippen LogP contribution in [0.25, 0.3) is 0 Å². The molecule has 0 aromatic heterocycles. The number of halogens is 1. The number of nitrogens with one attached hydrogen (secondary N) is 2. The molecule has 1 aliphatic rings. The molecule has 0 aliphatic carbocycles. The fourth-order valence-electron chi connectivity index (χ4n) is 0.772. The van der Waals surface area contributed by atoms with E-state index < -0.39 is 0 Å². The molecule has 12 heavy (non-hydrogen) atoms. The normalized spacial score (nSPS) is 15.0. The number of nitrogens with zero attached hydrogens (tertiary/aromatic N) is 2. The topological polar surface area (TPSA) is 48.8 Å². The van der Waals surface area contributed by atoms with Crippen molar-refractivity contribution in [3.8, 4) is 0 Å². The molecule has 70 valence electrons. The lowest BCUT2D eigenvalue weighted by atomic mass is 10.4. The van der Waals surface area contributed by atoms with Crippen molar-refractivity contribution in [1.29, 1.82) is 0 Å². The van der Waals surface area contributed by atoms with Gasteiger partial charge in [-0.25, -0.2) is 5.43 Å². The number of hydrogen-bond donors (Lipinski definition) is 2. The molecule has 0 amide bonds. The smallest absolute Gasteiger partial charge is 0.212 e. The Morgan fingerprint density at radius 3 is 2.83 bits per heavy atom. The monoisotopic (exact) mass is 282 g/mol. The summed E-state index contributed by atoms with van der Waals surface area (Å²) in [6, 6.07) is 0. The van der Waals surface area contributed by atoms with Crippen LogP contribution in [0.5, 0.6) is 0 Å². The van der Waals surface area contributed by atoms with Gasteiger partial charge in [0.25, 0.3) is 0 Å². The first-order chi connectivity index (χ1) is 5.29. The molecule has 1 heterocycles. The van der Waals surface area contributed by atoms with Crippen LogP contribution in [-0.4, -0.2) is 24.8 Å². The predicted molar refractivity (Wildman–Crippen MR) is 62.3 cm³/mol. The second-order valence-electron chi connectivity index (χ2n) is 2.68. The Hall–Kier alpha value is -0.330. The SMILES string of the molecule is CC(C)=NNC1=NCCCN1.I. The van der Waals surface area contributed by atoms with Gasteiger partial charge in [-0.2, -0.15) is 5.10 Å². The molecular weight excluding hydrogens is 267 g/mol. The number of guanidine groups is 1. The molecule has 0 fully saturated rings. The van der Waals surface area contributed by atoms with E-state index in [9.17, 15) is 0 Å². The summed E-state index contributed by atoms with van der Waals surface area (Å²) in [4.78, 5) is 4.19. The second-order valence-corrected chi connectivity index (χ2v) is 2.68. The van der Waals surface area contributed by atoms with Crippen molar-refractivity contribution in [2.24, 2.45) is 10.1 Å². The molecule has 0 saturated heterocycles. The molecule has 0 atom stereocenters. The van der Waals surface area contributed by atoms with E-state index in [2.05, 4.69) is 20.8 Å². The molecule has 0 aromatic carbocycles. The molecular formula is C7H15IN4. The highest BCUT2D eigenvalue weighted by Gasteiger charge is 2.00. The zero-order chi connectivity index (χ0) is 8.10. The van der Waals surface area contributed by atoms with Gasteiger partial charge in [0.05, 0.1) is 0 Å². The highest BCUT2D eigenvalue weighted by molar-refractivity contribution is 14.0. The lowest BCUT2D eigenvalue weighted by Gasteiger charge is -2.12. The summed E-state index contributed by atoms with van der Waals surface area (Å²) in [5.41, 5.74) is 3.85. The molecule has 1 rings (SSSR count). The van der Waals surface area contributed by atoms with Crippen molar-refractivity contribution in [1.82, 2.24) is 10.7 Å². The van der Waals surface area contributed by atoms with Crippen molar-refractivity contribution in [2.45, 2.75) is 20.3 Å². The zero-order valence-corrected chi connectivity index (χ0v) is 9.75. The van der Waals surface area contributed by atoms with E-state index >= 15 is 0 Å². The van der Waals surface area contributed by atoms with Gasteiger partial charge in [0.2, 0.25) is 5.96 Å². The number of hydrazone groups is 1. The van der Waals surface area contributed by atoms with Crippen molar-refractivity contribution < 1.29 is 0 Å². The second kappa shape index (κ2) is 6.22. The van der Waals surface area contributed by atoms with E-state index in [4.69, 9.17) is 0 Å². The van der Waals surface area contributed by atoms with Gasteiger partial charge in [-0.1, -0.05) is 0 Å². The predicted octanol–water partition coefficient (Wildman–Crippen LogP) is 0.939. The number of aliphatic imine (C=N–C) groups is 1. The first-order valence-electron chi connectivity index (χ1n) is 3.84. The van der Waals surface area contributed by atoms with Gasteiger partial charge in [-0.15, -0.1) is 24.0 Å². The lowest BCUT2D eigenvalue weighted by Crippen LogP contribution is -2.38. The lowest BCUT2D eigenvalue weighted by molar-refractivity contribution is 0.711. The van der Waals surface area contributed by atoms with Gasteiger partial charge in [0.1, 0.15) is 0 Å². The maximum atomic E-state index is 4.19. The summed E-state index contributed by atoms with van der Waals surface area (Å²) in [6.45, 7) is 5.77. The summed E-state index contributed by atoms with van der Waals surface area (Å²) in [6.07, 6.45) is 1.11. The Labute approximate surface area is 89.9 Å². The van der Waals surface area contributed by atoms with E-state index in [-0.39, 0.29) is 24.0 Å². The first kappa shape index (κ1) is 11.7. The molecule has 1 aliphatic heterocycles. The van der Waals surface area contributed by atoms with Crippen LogP contribution < -0.4 is 10.7 Å². The molecule has 0 saturated carbocycles. The maximum absolute atomic E-state index is 4.19. The summed E-state index contributed by atoms with van der Waals surface area (Å²) in [5.74, 6) is 0.789. The van der Waals surface area contributed by atoms with Crippen molar-refractivity contribution in [2.75, 3.05) is 13.1 Å². The third-order valence-corrected chi connectivity index (χ3v) is 1.28. The van der Waals surface area contributed by atoms with E-state index in [0.717, 1.165) is 31.2 Å². The minimum Gasteiger partial charge on any atom is -0.355 e. The number of hydrogen-bond acceptors (Lipinski definition) is 4. The third kappa shape index (κ3) is 4.53. The Morgan fingerprint density at radius 1 is 1.58 bits per heavy atom. The molecule has 5 heteroatoms. The third-order valence-electron chi connectivity index (χ3n) is 1.28. The van der Waals surface area contributed by atoms with E-state index in [1.54, 1.807) is 0 Å². The Morgan fingerprint density at radius 2 is 2.33 bits per heavy atom. The average Bonchev–Trinajstić information content (AvgIpc) is 2.03. The molecule has 4 nitrogen and oxygen atoms in total. The summed E-state index contributed by atoms with van der Waals surface area (Å²) in [5, 5.41) is 7.13. The Balaban J connectivity index is 0.00000121. The van der Waals surface area contributed by atoms with Gasteiger partial charge in [0.15, 0.2) is 0 Å². The average molecular weight is 282 g/mol.